The summed E-state index contributed by atoms with van der Waals surface area (Å²) < 4.78 is 0. The van der Waals surface area contributed by atoms with Gasteiger partial charge in [0.25, 0.3) is 0 Å². The van der Waals surface area contributed by atoms with Gasteiger partial charge in [0.2, 0.25) is 0 Å². The summed E-state index contributed by atoms with van der Waals surface area (Å²) in [5.74, 6) is 1.59. The van der Waals surface area contributed by atoms with Crippen LogP contribution in [0.5, 0.6) is 0 Å². The van der Waals surface area contributed by atoms with Gasteiger partial charge in [-0.05, 0) is 64.1 Å². The number of hydrogen-bond donors (Lipinski definition) is 1. The molecular formula is C16H29N3O. The first-order valence-corrected chi connectivity index (χ1v) is 8.46. The molecule has 2 heterocycles. The van der Waals surface area contributed by atoms with E-state index in [1.165, 1.54) is 58.0 Å². The first-order valence-electron chi connectivity index (χ1n) is 8.46. The number of carbonyl (C=O) groups excluding carboxylic acids is 1. The molecule has 0 spiro atoms. The van der Waals surface area contributed by atoms with Gasteiger partial charge in [-0.2, -0.15) is 0 Å². The second kappa shape index (κ2) is 6.33. The lowest BCUT2D eigenvalue weighted by Gasteiger charge is -2.32. The van der Waals surface area contributed by atoms with Crippen LogP contribution in [0, 0.1) is 11.8 Å². The molecule has 20 heavy (non-hydrogen) atoms. The maximum absolute atomic E-state index is 12.3. The molecule has 0 aromatic carbocycles. The third-order valence-corrected chi connectivity index (χ3v) is 5.62. The molecule has 2 aliphatic heterocycles. The van der Waals surface area contributed by atoms with Crippen LogP contribution in [0.2, 0.25) is 0 Å². The molecule has 3 aliphatic rings. The fraction of sp³-hybridized carbons (Fsp3) is 0.938. The van der Waals surface area contributed by atoms with E-state index < -0.39 is 0 Å². The number of carbonyl (C=O) groups is 1. The molecule has 1 atom stereocenters. The molecule has 0 unspecified atom stereocenters. The average Bonchev–Trinajstić information content (AvgIpc) is 3.10. The lowest BCUT2D eigenvalue weighted by atomic mass is 9.84. The lowest BCUT2D eigenvalue weighted by Crippen LogP contribution is -2.43. The Kier molecular flexibility index (Phi) is 4.49. The Labute approximate surface area is 122 Å². The van der Waals surface area contributed by atoms with Crippen LogP contribution in [0.3, 0.4) is 0 Å². The SMILES string of the molecule is CN1CCC([C@@H]2CCN(C(=O)NC3CCCC3)C2)CC1. The molecule has 0 radical (unpaired) electrons. The number of rotatable bonds is 2. The fourth-order valence-corrected chi connectivity index (χ4v) is 4.19. The zero-order valence-corrected chi connectivity index (χ0v) is 12.8. The third kappa shape index (κ3) is 3.27. The zero-order valence-electron chi connectivity index (χ0n) is 12.8. The van der Waals surface area contributed by atoms with Crippen molar-refractivity contribution in [3.05, 3.63) is 0 Å². The molecule has 1 N–H and O–H groups in total. The number of likely N-dealkylation sites (tertiary alicyclic amines) is 2. The minimum Gasteiger partial charge on any atom is -0.335 e. The van der Waals surface area contributed by atoms with Crippen molar-refractivity contribution in [1.29, 1.82) is 0 Å². The van der Waals surface area contributed by atoms with Crippen molar-refractivity contribution in [2.45, 2.75) is 51.0 Å². The summed E-state index contributed by atoms with van der Waals surface area (Å²) in [5, 5.41) is 3.23. The molecule has 2 amide bonds. The van der Waals surface area contributed by atoms with Crippen molar-refractivity contribution in [2.75, 3.05) is 33.2 Å². The van der Waals surface area contributed by atoms with E-state index in [1.54, 1.807) is 0 Å². The van der Waals surface area contributed by atoms with Crippen LogP contribution in [0.4, 0.5) is 4.79 Å². The molecule has 2 saturated heterocycles. The van der Waals surface area contributed by atoms with Crippen LogP contribution in [0.25, 0.3) is 0 Å². The van der Waals surface area contributed by atoms with E-state index in [0.717, 1.165) is 24.9 Å². The molecule has 0 bridgehead atoms. The molecule has 114 valence electrons. The number of amides is 2. The summed E-state index contributed by atoms with van der Waals surface area (Å²) in [6, 6.07) is 0.650. The van der Waals surface area contributed by atoms with E-state index in [0.29, 0.717) is 6.04 Å². The largest absolute Gasteiger partial charge is 0.335 e. The highest BCUT2D eigenvalue weighted by atomic mass is 16.2. The van der Waals surface area contributed by atoms with Gasteiger partial charge in [-0.3, -0.25) is 0 Å². The molecule has 0 aromatic rings. The second-order valence-corrected chi connectivity index (χ2v) is 7.07. The number of hydrogen-bond acceptors (Lipinski definition) is 2. The van der Waals surface area contributed by atoms with Crippen molar-refractivity contribution < 1.29 is 4.79 Å². The Morgan fingerprint density at radius 3 is 2.30 bits per heavy atom. The molecule has 3 rings (SSSR count). The summed E-state index contributed by atoms with van der Waals surface area (Å²) in [5.41, 5.74) is 0. The van der Waals surface area contributed by atoms with Gasteiger partial charge in [-0.25, -0.2) is 4.79 Å². The molecule has 4 heteroatoms. The van der Waals surface area contributed by atoms with Crippen LogP contribution in [0.1, 0.15) is 44.9 Å². The zero-order chi connectivity index (χ0) is 13.9. The van der Waals surface area contributed by atoms with Crippen LogP contribution in [-0.2, 0) is 0 Å². The van der Waals surface area contributed by atoms with Crippen molar-refractivity contribution in [1.82, 2.24) is 15.1 Å². The standard InChI is InChI=1S/C16H29N3O/c1-18-9-6-13(7-10-18)14-8-11-19(12-14)16(20)17-15-4-2-3-5-15/h13-15H,2-12H2,1H3,(H,17,20)/t14-/m1/s1. The average molecular weight is 279 g/mol. The maximum Gasteiger partial charge on any atom is 0.317 e. The highest BCUT2D eigenvalue weighted by Gasteiger charge is 2.33. The first-order chi connectivity index (χ1) is 9.72. The quantitative estimate of drug-likeness (QED) is 0.842. The molecule has 4 nitrogen and oxygen atoms in total. The summed E-state index contributed by atoms with van der Waals surface area (Å²) in [6.45, 7) is 4.42. The highest BCUT2D eigenvalue weighted by Crippen LogP contribution is 2.31. The summed E-state index contributed by atoms with van der Waals surface area (Å²) in [4.78, 5) is 16.8. The van der Waals surface area contributed by atoms with E-state index in [4.69, 9.17) is 0 Å². The Bertz CT molecular complexity index is 333. The molecular weight excluding hydrogens is 250 g/mol. The number of urea groups is 1. The second-order valence-electron chi connectivity index (χ2n) is 7.07. The van der Waals surface area contributed by atoms with Gasteiger partial charge in [0.15, 0.2) is 0 Å². The van der Waals surface area contributed by atoms with Gasteiger partial charge in [-0.1, -0.05) is 12.8 Å². The van der Waals surface area contributed by atoms with Gasteiger partial charge >= 0.3 is 6.03 Å². The topological polar surface area (TPSA) is 35.6 Å². The monoisotopic (exact) mass is 279 g/mol. The van der Waals surface area contributed by atoms with Crippen molar-refractivity contribution in [2.24, 2.45) is 11.8 Å². The van der Waals surface area contributed by atoms with Gasteiger partial charge in [0.05, 0.1) is 0 Å². The van der Waals surface area contributed by atoms with Gasteiger partial charge in [0.1, 0.15) is 0 Å². The van der Waals surface area contributed by atoms with Crippen LogP contribution in [-0.4, -0.2) is 55.1 Å². The predicted octanol–water partition coefficient (Wildman–Crippen LogP) is 2.30. The fourth-order valence-electron chi connectivity index (χ4n) is 4.19. The van der Waals surface area contributed by atoms with Gasteiger partial charge in [-0.15, -0.1) is 0 Å². The lowest BCUT2D eigenvalue weighted by molar-refractivity contribution is 0.167. The van der Waals surface area contributed by atoms with Crippen LogP contribution >= 0.6 is 0 Å². The third-order valence-electron chi connectivity index (χ3n) is 5.62. The normalized spacial score (nSPS) is 30.1. The summed E-state index contributed by atoms with van der Waals surface area (Å²) in [7, 11) is 2.21. The molecule has 3 fully saturated rings. The van der Waals surface area contributed by atoms with Gasteiger partial charge < -0.3 is 15.1 Å². The molecule has 1 aliphatic carbocycles. The minimum absolute atomic E-state index is 0.201. The summed E-state index contributed by atoms with van der Waals surface area (Å²) >= 11 is 0. The van der Waals surface area contributed by atoms with E-state index in [1.807, 2.05) is 0 Å². The van der Waals surface area contributed by atoms with E-state index >= 15 is 0 Å². The van der Waals surface area contributed by atoms with Crippen molar-refractivity contribution >= 4 is 6.03 Å². The van der Waals surface area contributed by atoms with Crippen molar-refractivity contribution in [3.8, 4) is 0 Å². The Morgan fingerprint density at radius 2 is 1.60 bits per heavy atom. The van der Waals surface area contributed by atoms with E-state index in [9.17, 15) is 4.79 Å². The number of nitrogens with zero attached hydrogens (tertiary/aromatic N) is 2. The maximum atomic E-state index is 12.3. The molecule has 1 saturated carbocycles. The number of piperidine rings is 1. The van der Waals surface area contributed by atoms with E-state index in [-0.39, 0.29) is 6.03 Å². The minimum atomic E-state index is 0.201. The first kappa shape index (κ1) is 14.2. The Balaban J connectivity index is 1.45. The van der Waals surface area contributed by atoms with Crippen molar-refractivity contribution in [3.63, 3.8) is 0 Å². The molecule has 0 aromatic heterocycles. The smallest absolute Gasteiger partial charge is 0.317 e. The number of nitrogens with one attached hydrogen (secondary N) is 1. The highest BCUT2D eigenvalue weighted by molar-refractivity contribution is 5.74. The van der Waals surface area contributed by atoms with E-state index in [2.05, 4.69) is 22.2 Å². The Morgan fingerprint density at radius 1 is 0.950 bits per heavy atom. The summed E-state index contributed by atoms with van der Waals surface area (Å²) in [6.07, 6.45) is 8.77. The predicted molar refractivity (Wildman–Crippen MR) is 80.7 cm³/mol. The Hall–Kier alpha value is -0.770. The van der Waals surface area contributed by atoms with Crippen LogP contribution < -0.4 is 5.32 Å². The van der Waals surface area contributed by atoms with Crippen LogP contribution in [0.15, 0.2) is 0 Å². The van der Waals surface area contributed by atoms with Gasteiger partial charge in [0, 0.05) is 19.1 Å².